The first kappa shape index (κ1) is 16.5. The Kier molecular flexibility index (Phi) is 6.88. The van der Waals surface area contributed by atoms with E-state index >= 15 is 0 Å². The lowest BCUT2D eigenvalue weighted by Crippen LogP contribution is -2.14. The Labute approximate surface area is 139 Å². The normalized spacial score (nSPS) is 9.95. The van der Waals surface area contributed by atoms with Crippen molar-refractivity contribution in [1.29, 1.82) is 5.26 Å². The molecule has 0 atom stereocenters. The van der Waals surface area contributed by atoms with Crippen LogP contribution in [0.5, 0.6) is 0 Å². The van der Waals surface area contributed by atoms with Crippen LogP contribution in [-0.2, 0) is 10.5 Å². The Morgan fingerprint density at radius 1 is 1.09 bits per heavy atom. The zero-order valence-corrected chi connectivity index (χ0v) is 13.6. The SMILES string of the molecule is N#CCSc1ccccc1NC(=O)CSCc1ccccc1. The Morgan fingerprint density at radius 2 is 1.82 bits per heavy atom. The fourth-order valence-corrected chi connectivity index (χ4v) is 3.29. The Hall–Kier alpha value is -1.90. The van der Waals surface area contributed by atoms with E-state index < -0.39 is 0 Å². The molecule has 1 amide bonds. The molecule has 1 N–H and O–H groups in total. The highest BCUT2D eigenvalue weighted by Gasteiger charge is 2.07. The maximum Gasteiger partial charge on any atom is 0.234 e. The average molecular weight is 328 g/mol. The number of nitriles is 1. The van der Waals surface area contributed by atoms with Crippen LogP contribution < -0.4 is 5.32 Å². The van der Waals surface area contributed by atoms with Gasteiger partial charge in [0.2, 0.25) is 5.91 Å². The molecule has 0 aromatic heterocycles. The molecule has 0 fully saturated rings. The van der Waals surface area contributed by atoms with Crippen molar-refractivity contribution in [3.05, 3.63) is 60.2 Å². The Balaban J connectivity index is 1.83. The summed E-state index contributed by atoms with van der Waals surface area (Å²) < 4.78 is 0. The maximum atomic E-state index is 12.0. The number of rotatable bonds is 7. The van der Waals surface area contributed by atoms with E-state index in [2.05, 4.69) is 23.5 Å². The first-order valence-electron chi connectivity index (χ1n) is 6.80. The van der Waals surface area contributed by atoms with E-state index in [1.54, 1.807) is 11.8 Å². The molecule has 0 aliphatic carbocycles. The highest BCUT2D eigenvalue weighted by atomic mass is 32.2. The lowest BCUT2D eigenvalue weighted by atomic mass is 10.2. The summed E-state index contributed by atoms with van der Waals surface area (Å²) in [5, 5.41) is 11.6. The highest BCUT2D eigenvalue weighted by Crippen LogP contribution is 2.26. The predicted octanol–water partition coefficient (Wildman–Crippen LogP) is 4.17. The average Bonchev–Trinajstić information content (AvgIpc) is 2.55. The molecule has 2 rings (SSSR count). The van der Waals surface area contributed by atoms with Gasteiger partial charge in [0.05, 0.1) is 23.3 Å². The van der Waals surface area contributed by atoms with Gasteiger partial charge in [-0.05, 0) is 17.7 Å². The Bertz CT molecular complexity index is 653. The predicted molar refractivity (Wildman–Crippen MR) is 94.0 cm³/mol. The van der Waals surface area contributed by atoms with Gasteiger partial charge in [0, 0.05) is 10.6 Å². The topological polar surface area (TPSA) is 52.9 Å². The van der Waals surface area contributed by atoms with E-state index in [-0.39, 0.29) is 5.91 Å². The van der Waals surface area contributed by atoms with E-state index in [1.165, 1.54) is 17.3 Å². The van der Waals surface area contributed by atoms with Gasteiger partial charge in [0.15, 0.2) is 0 Å². The van der Waals surface area contributed by atoms with Gasteiger partial charge in [-0.25, -0.2) is 0 Å². The third-order valence-electron chi connectivity index (χ3n) is 2.80. The fourth-order valence-electron chi connectivity index (χ4n) is 1.83. The molecule has 22 heavy (non-hydrogen) atoms. The summed E-state index contributed by atoms with van der Waals surface area (Å²) in [6.45, 7) is 0. The standard InChI is InChI=1S/C17H16N2OS2/c18-10-11-22-16-9-5-4-8-15(16)19-17(20)13-21-12-14-6-2-1-3-7-14/h1-9H,11-13H2,(H,19,20). The van der Waals surface area contributed by atoms with Crippen LogP contribution in [0.25, 0.3) is 0 Å². The van der Waals surface area contributed by atoms with E-state index in [1.807, 2.05) is 42.5 Å². The Morgan fingerprint density at radius 3 is 2.59 bits per heavy atom. The summed E-state index contributed by atoms with van der Waals surface area (Å²) in [5.41, 5.74) is 1.98. The van der Waals surface area contributed by atoms with Crippen molar-refractivity contribution in [3.8, 4) is 6.07 Å². The van der Waals surface area contributed by atoms with E-state index in [0.717, 1.165) is 16.3 Å². The van der Waals surface area contributed by atoms with Crippen LogP contribution in [0.15, 0.2) is 59.5 Å². The van der Waals surface area contributed by atoms with Crippen molar-refractivity contribution >= 4 is 35.1 Å². The van der Waals surface area contributed by atoms with Crippen molar-refractivity contribution in [2.75, 3.05) is 16.8 Å². The molecule has 2 aromatic carbocycles. The van der Waals surface area contributed by atoms with Crippen molar-refractivity contribution in [2.45, 2.75) is 10.6 Å². The third kappa shape index (κ3) is 5.47. The van der Waals surface area contributed by atoms with Crippen LogP contribution >= 0.6 is 23.5 Å². The molecular weight excluding hydrogens is 312 g/mol. The monoisotopic (exact) mass is 328 g/mol. The summed E-state index contributed by atoms with van der Waals surface area (Å²) >= 11 is 3.01. The first-order valence-corrected chi connectivity index (χ1v) is 8.94. The molecule has 0 spiro atoms. The second-order valence-electron chi connectivity index (χ2n) is 4.47. The lowest BCUT2D eigenvalue weighted by Gasteiger charge is -2.09. The minimum absolute atomic E-state index is 0.0223. The van der Waals surface area contributed by atoms with Gasteiger partial charge >= 0.3 is 0 Å². The summed E-state index contributed by atoms with van der Waals surface area (Å²) in [7, 11) is 0. The van der Waals surface area contributed by atoms with Gasteiger partial charge in [-0.1, -0.05) is 42.5 Å². The number of amides is 1. The number of nitrogens with zero attached hydrogens (tertiary/aromatic N) is 1. The van der Waals surface area contributed by atoms with Crippen molar-refractivity contribution in [2.24, 2.45) is 0 Å². The molecule has 0 saturated carbocycles. The number of carbonyl (C=O) groups excluding carboxylic acids is 1. The minimum atomic E-state index is -0.0223. The van der Waals surface area contributed by atoms with Gasteiger partial charge in [-0.15, -0.1) is 23.5 Å². The van der Waals surface area contributed by atoms with Crippen LogP contribution in [0.1, 0.15) is 5.56 Å². The molecule has 0 aliphatic rings. The van der Waals surface area contributed by atoms with Crippen LogP contribution in [0, 0.1) is 11.3 Å². The molecule has 0 bridgehead atoms. The lowest BCUT2D eigenvalue weighted by molar-refractivity contribution is -0.113. The summed E-state index contributed by atoms with van der Waals surface area (Å²) in [6.07, 6.45) is 0. The van der Waals surface area contributed by atoms with E-state index in [9.17, 15) is 4.79 Å². The molecule has 2 aromatic rings. The summed E-state index contributed by atoms with van der Waals surface area (Å²) in [4.78, 5) is 12.9. The van der Waals surface area contributed by atoms with Crippen molar-refractivity contribution in [1.82, 2.24) is 0 Å². The number of thioether (sulfide) groups is 2. The molecular formula is C17H16N2OS2. The van der Waals surface area contributed by atoms with Gasteiger partial charge in [0.1, 0.15) is 0 Å². The van der Waals surface area contributed by atoms with Gasteiger partial charge in [-0.3, -0.25) is 4.79 Å². The number of benzene rings is 2. The number of anilines is 1. The zero-order chi connectivity index (χ0) is 15.6. The van der Waals surface area contributed by atoms with E-state index in [0.29, 0.717) is 11.5 Å². The molecule has 112 valence electrons. The molecule has 5 heteroatoms. The molecule has 0 unspecified atom stereocenters. The third-order valence-corrected chi connectivity index (χ3v) is 4.74. The zero-order valence-electron chi connectivity index (χ0n) is 12.0. The van der Waals surface area contributed by atoms with Crippen molar-refractivity contribution in [3.63, 3.8) is 0 Å². The summed E-state index contributed by atoms with van der Waals surface area (Å²) in [5.74, 6) is 1.58. The molecule has 0 saturated heterocycles. The van der Waals surface area contributed by atoms with Crippen molar-refractivity contribution < 1.29 is 4.79 Å². The number of hydrogen-bond donors (Lipinski definition) is 1. The fraction of sp³-hybridized carbons (Fsp3) is 0.176. The van der Waals surface area contributed by atoms with Crippen LogP contribution in [0.3, 0.4) is 0 Å². The van der Waals surface area contributed by atoms with Crippen LogP contribution in [0.2, 0.25) is 0 Å². The maximum absolute atomic E-state index is 12.0. The smallest absolute Gasteiger partial charge is 0.234 e. The highest BCUT2D eigenvalue weighted by molar-refractivity contribution is 7.99. The molecule has 0 aliphatic heterocycles. The molecule has 0 radical (unpaired) electrons. The second-order valence-corrected chi connectivity index (χ2v) is 6.47. The first-order chi connectivity index (χ1) is 10.8. The molecule has 0 heterocycles. The van der Waals surface area contributed by atoms with Crippen LogP contribution in [-0.4, -0.2) is 17.4 Å². The number of para-hydroxylation sites is 1. The molecule has 3 nitrogen and oxygen atoms in total. The van der Waals surface area contributed by atoms with Crippen LogP contribution in [0.4, 0.5) is 5.69 Å². The largest absolute Gasteiger partial charge is 0.324 e. The number of hydrogen-bond acceptors (Lipinski definition) is 4. The summed E-state index contributed by atoms with van der Waals surface area (Å²) in [6, 6.07) is 19.7. The minimum Gasteiger partial charge on any atom is -0.324 e. The van der Waals surface area contributed by atoms with E-state index in [4.69, 9.17) is 5.26 Å². The van der Waals surface area contributed by atoms with Gasteiger partial charge in [-0.2, -0.15) is 5.26 Å². The quantitative estimate of drug-likeness (QED) is 0.775. The number of nitrogens with one attached hydrogen (secondary N) is 1. The van der Waals surface area contributed by atoms with Gasteiger partial charge < -0.3 is 5.32 Å². The number of carbonyl (C=O) groups is 1. The van der Waals surface area contributed by atoms with Gasteiger partial charge in [0.25, 0.3) is 0 Å². The second kappa shape index (κ2) is 9.19.